The average Bonchev–Trinajstić information content (AvgIpc) is 2.12. The van der Waals surface area contributed by atoms with Crippen LogP contribution in [0.15, 0.2) is 16.0 Å². The zero-order valence-corrected chi connectivity index (χ0v) is 8.87. The number of nitrogens with one attached hydrogen (secondary N) is 1. The Morgan fingerprint density at radius 1 is 1.80 bits per heavy atom. The van der Waals surface area contributed by atoms with Crippen LogP contribution in [0.4, 0.5) is 5.82 Å². The van der Waals surface area contributed by atoms with Gasteiger partial charge in [0.2, 0.25) is 0 Å². The molecule has 0 fully saturated rings. The number of thioether (sulfide) groups is 1. The number of carboxylic acid groups (broad SMARTS) is 1. The van der Waals surface area contributed by atoms with Crippen molar-refractivity contribution in [2.45, 2.75) is 23.8 Å². The molecule has 0 aliphatic carbocycles. The van der Waals surface area contributed by atoms with E-state index >= 15 is 0 Å². The molecule has 1 aromatic heterocycles. The molecule has 0 amide bonds. The van der Waals surface area contributed by atoms with Gasteiger partial charge in [0.1, 0.15) is 11.1 Å². The number of aromatic nitrogens is 2. The molecule has 1 unspecified atom stereocenters. The minimum absolute atomic E-state index is 0.0847. The van der Waals surface area contributed by atoms with Crippen LogP contribution in [0.1, 0.15) is 13.3 Å². The Balaban J connectivity index is 2.88. The van der Waals surface area contributed by atoms with Gasteiger partial charge in [0.15, 0.2) is 5.16 Å². The van der Waals surface area contributed by atoms with Gasteiger partial charge in [0.25, 0.3) is 5.56 Å². The van der Waals surface area contributed by atoms with E-state index in [1.807, 2.05) is 0 Å². The summed E-state index contributed by atoms with van der Waals surface area (Å²) >= 11 is 0.979. The van der Waals surface area contributed by atoms with E-state index in [0.717, 1.165) is 17.8 Å². The highest BCUT2D eigenvalue weighted by atomic mass is 32.2. The van der Waals surface area contributed by atoms with E-state index in [-0.39, 0.29) is 16.5 Å². The van der Waals surface area contributed by atoms with Crippen molar-refractivity contribution < 1.29 is 9.90 Å². The Kier molecular flexibility index (Phi) is 3.73. The van der Waals surface area contributed by atoms with Gasteiger partial charge in [0.05, 0.1) is 0 Å². The predicted molar refractivity (Wildman–Crippen MR) is 56.8 cm³/mol. The molecule has 0 radical (unpaired) electrons. The summed E-state index contributed by atoms with van der Waals surface area (Å²) in [6.45, 7) is 1.75. The Morgan fingerprint density at radius 2 is 2.47 bits per heavy atom. The number of nitrogens with two attached hydrogens (primary N) is 1. The number of hydrogen-bond acceptors (Lipinski definition) is 5. The number of rotatable bonds is 4. The summed E-state index contributed by atoms with van der Waals surface area (Å²) in [6.07, 6.45) is 0.443. The molecule has 82 valence electrons. The van der Waals surface area contributed by atoms with Gasteiger partial charge in [0, 0.05) is 6.07 Å². The lowest BCUT2D eigenvalue weighted by Gasteiger charge is -2.07. The number of nitrogens with zero attached hydrogens (tertiary/aromatic N) is 1. The molecule has 0 spiro atoms. The average molecular weight is 229 g/mol. The van der Waals surface area contributed by atoms with Gasteiger partial charge in [-0.05, 0) is 6.42 Å². The second kappa shape index (κ2) is 4.83. The molecule has 1 atom stereocenters. The summed E-state index contributed by atoms with van der Waals surface area (Å²) in [4.78, 5) is 28.0. The van der Waals surface area contributed by atoms with E-state index in [4.69, 9.17) is 10.8 Å². The normalized spacial score (nSPS) is 12.3. The minimum atomic E-state index is -0.937. The number of anilines is 1. The van der Waals surface area contributed by atoms with E-state index in [0.29, 0.717) is 6.42 Å². The Labute approximate surface area is 89.9 Å². The van der Waals surface area contributed by atoms with E-state index in [2.05, 4.69) is 9.97 Å². The zero-order chi connectivity index (χ0) is 11.4. The number of aromatic amines is 1. The second-order valence-corrected chi connectivity index (χ2v) is 4.02. The van der Waals surface area contributed by atoms with Crippen LogP contribution < -0.4 is 11.3 Å². The lowest BCUT2D eigenvalue weighted by atomic mass is 10.3. The topological polar surface area (TPSA) is 109 Å². The van der Waals surface area contributed by atoms with Crippen molar-refractivity contribution in [1.82, 2.24) is 9.97 Å². The van der Waals surface area contributed by atoms with Crippen LogP contribution in [-0.2, 0) is 4.79 Å². The Hall–Kier alpha value is -1.50. The van der Waals surface area contributed by atoms with Crippen molar-refractivity contribution in [3.05, 3.63) is 16.4 Å². The van der Waals surface area contributed by atoms with E-state index < -0.39 is 11.2 Å². The third-order valence-corrected chi connectivity index (χ3v) is 2.88. The summed E-state index contributed by atoms with van der Waals surface area (Å²) in [6, 6.07) is 1.14. The molecule has 4 N–H and O–H groups in total. The first-order chi connectivity index (χ1) is 7.02. The van der Waals surface area contributed by atoms with Crippen LogP contribution in [0, 0.1) is 0 Å². The fourth-order valence-corrected chi connectivity index (χ4v) is 1.81. The van der Waals surface area contributed by atoms with E-state index in [1.165, 1.54) is 0 Å². The number of aliphatic carboxylic acids is 1. The number of nitrogen functional groups attached to an aromatic ring is 1. The van der Waals surface area contributed by atoms with Gasteiger partial charge in [-0.15, -0.1) is 0 Å². The molecule has 0 aromatic carbocycles. The lowest BCUT2D eigenvalue weighted by Crippen LogP contribution is -2.17. The lowest BCUT2D eigenvalue weighted by molar-refractivity contribution is -0.136. The number of carboxylic acids is 1. The van der Waals surface area contributed by atoms with Gasteiger partial charge < -0.3 is 15.8 Å². The SMILES string of the molecule is CCC(Sc1nc(N)cc(=O)[nH]1)C(=O)O. The highest BCUT2D eigenvalue weighted by Gasteiger charge is 2.17. The van der Waals surface area contributed by atoms with E-state index in [9.17, 15) is 9.59 Å². The molecule has 0 saturated heterocycles. The summed E-state index contributed by atoms with van der Waals surface area (Å²) in [7, 11) is 0. The molecule has 0 aliphatic rings. The highest BCUT2D eigenvalue weighted by molar-refractivity contribution is 8.00. The van der Waals surface area contributed by atoms with Crippen LogP contribution in [0.3, 0.4) is 0 Å². The van der Waals surface area contributed by atoms with E-state index in [1.54, 1.807) is 6.92 Å². The maximum Gasteiger partial charge on any atom is 0.317 e. The molecular weight excluding hydrogens is 218 g/mol. The van der Waals surface area contributed by atoms with Gasteiger partial charge in [-0.25, -0.2) is 4.98 Å². The Morgan fingerprint density at radius 3 is 2.93 bits per heavy atom. The van der Waals surface area contributed by atoms with Crippen LogP contribution >= 0.6 is 11.8 Å². The molecule has 15 heavy (non-hydrogen) atoms. The summed E-state index contributed by atoms with van der Waals surface area (Å²) < 4.78 is 0. The van der Waals surface area contributed by atoms with Crippen molar-refractivity contribution >= 4 is 23.5 Å². The number of hydrogen-bond donors (Lipinski definition) is 3. The standard InChI is InChI=1S/C8H11N3O3S/c1-2-4(7(13)14)15-8-10-5(9)3-6(12)11-8/h3-4H,2H2,1H3,(H,13,14)(H3,9,10,11,12). The minimum Gasteiger partial charge on any atom is -0.480 e. The van der Waals surface area contributed by atoms with Crippen LogP contribution in [0.25, 0.3) is 0 Å². The number of H-pyrrole nitrogens is 1. The van der Waals surface area contributed by atoms with Gasteiger partial charge in [-0.1, -0.05) is 18.7 Å². The van der Waals surface area contributed by atoms with Crippen LogP contribution in [-0.4, -0.2) is 26.3 Å². The van der Waals surface area contributed by atoms with Crippen molar-refractivity contribution in [2.75, 3.05) is 5.73 Å². The summed E-state index contributed by atoms with van der Waals surface area (Å²) in [5.41, 5.74) is 4.98. The molecular formula is C8H11N3O3S. The molecule has 1 aromatic rings. The summed E-state index contributed by atoms with van der Waals surface area (Å²) in [5.74, 6) is -0.853. The zero-order valence-electron chi connectivity index (χ0n) is 8.06. The monoisotopic (exact) mass is 229 g/mol. The fourth-order valence-electron chi connectivity index (χ4n) is 0.952. The quantitative estimate of drug-likeness (QED) is 0.506. The summed E-state index contributed by atoms with van der Waals surface area (Å²) in [5, 5.41) is 8.40. The smallest absolute Gasteiger partial charge is 0.317 e. The predicted octanol–water partition coefficient (Wildman–Crippen LogP) is 0.307. The van der Waals surface area contributed by atoms with Crippen molar-refractivity contribution in [3.63, 3.8) is 0 Å². The molecule has 1 heterocycles. The first-order valence-electron chi connectivity index (χ1n) is 4.29. The van der Waals surface area contributed by atoms with Crippen LogP contribution in [0.5, 0.6) is 0 Å². The largest absolute Gasteiger partial charge is 0.480 e. The second-order valence-electron chi connectivity index (χ2n) is 2.83. The fraction of sp³-hybridized carbons (Fsp3) is 0.375. The molecule has 1 rings (SSSR count). The number of carbonyl (C=O) groups is 1. The van der Waals surface area contributed by atoms with Gasteiger partial charge in [-0.2, -0.15) is 0 Å². The first-order valence-corrected chi connectivity index (χ1v) is 5.17. The maximum atomic E-state index is 11.0. The third kappa shape index (κ3) is 3.28. The third-order valence-electron chi connectivity index (χ3n) is 1.64. The van der Waals surface area contributed by atoms with Gasteiger partial charge >= 0.3 is 5.97 Å². The van der Waals surface area contributed by atoms with Crippen LogP contribution in [0.2, 0.25) is 0 Å². The van der Waals surface area contributed by atoms with Crippen molar-refractivity contribution in [3.8, 4) is 0 Å². The van der Waals surface area contributed by atoms with Crippen molar-refractivity contribution in [2.24, 2.45) is 0 Å². The van der Waals surface area contributed by atoms with Gasteiger partial charge in [-0.3, -0.25) is 9.59 Å². The molecule has 0 bridgehead atoms. The maximum absolute atomic E-state index is 11.0. The highest BCUT2D eigenvalue weighted by Crippen LogP contribution is 2.21. The molecule has 0 aliphatic heterocycles. The van der Waals surface area contributed by atoms with Crippen molar-refractivity contribution in [1.29, 1.82) is 0 Å². The Bertz CT molecular complexity index is 418. The first kappa shape index (κ1) is 11.6. The molecule has 0 saturated carbocycles. The molecule has 6 nitrogen and oxygen atoms in total. The molecule has 7 heteroatoms.